The van der Waals surface area contributed by atoms with Gasteiger partial charge in [0.2, 0.25) is 0 Å². The maximum absolute atomic E-state index is 12.8. The molecular formula is C21H24N2O3. The van der Waals surface area contributed by atoms with Crippen molar-refractivity contribution in [2.75, 3.05) is 13.7 Å². The van der Waals surface area contributed by atoms with Gasteiger partial charge < -0.3 is 19.0 Å². The number of hydrogen-bond acceptors (Lipinski definition) is 3. The Labute approximate surface area is 152 Å². The number of H-pyrrole nitrogens is 1. The van der Waals surface area contributed by atoms with Crippen molar-refractivity contribution in [3.05, 3.63) is 53.6 Å². The maximum Gasteiger partial charge on any atom is 0.270 e. The lowest BCUT2D eigenvalue weighted by Crippen LogP contribution is -2.26. The van der Waals surface area contributed by atoms with E-state index in [2.05, 4.69) is 11.9 Å². The van der Waals surface area contributed by atoms with Crippen LogP contribution in [-0.2, 0) is 6.54 Å². The highest BCUT2D eigenvalue weighted by Crippen LogP contribution is 2.47. The van der Waals surface area contributed by atoms with E-state index in [4.69, 9.17) is 9.15 Å². The molecule has 0 bridgehead atoms. The highest BCUT2D eigenvalue weighted by Gasteiger charge is 2.36. The van der Waals surface area contributed by atoms with Gasteiger partial charge in [0.1, 0.15) is 23.0 Å². The Balaban J connectivity index is 1.47. The van der Waals surface area contributed by atoms with E-state index >= 15 is 0 Å². The van der Waals surface area contributed by atoms with E-state index in [-0.39, 0.29) is 5.91 Å². The van der Waals surface area contributed by atoms with Gasteiger partial charge in [-0.1, -0.05) is 6.92 Å². The SMILES string of the molecule is CCOc1ccc2cc(C(=O)N(C)Cc3ccc(C4CC4C)o3)[nH]c2c1. The smallest absolute Gasteiger partial charge is 0.270 e. The second kappa shape index (κ2) is 6.56. The van der Waals surface area contributed by atoms with Crippen molar-refractivity contribution in [1.82, 2.24) is 9.88 Å². The molecular weight excluding hydrogens is 328 g/mol. The average Bonchev–Trinajstić information content (AvgIpc) is 3.02. The van der Waals surface area contributed by atoms with Gasteiger partial charge in [0.15, 0.2) is 0 Å². The topological polar surface area (TPSA) is 58.5 Å². The molecule has 1 saturated carbocycles. The zero-order valence-corrected chi connectivity index (χ0v) is 15.4. The number of carbonyl (C=O) groups is 1. The largest absolute Gasteiger partial charge is 0.494 e. The summed E-state index contributed by atoms with van der Waals surface area (Å²) >= 11 is 0. The Morgan fingerprint density at radius 3 is 2.85 bits per heavy atom. The molecule has 2 atom stereocenters. The molecule has 0 saturated heterocycles. The van der Waals surface area contributed by atoms with Gasteiger partial charge in [-0.05, 0) is 49.6 Å². The molecule has 2 aromatic heterocycles. The molecule has 5 heteroatoms. The fraction of sp³-hybridized carbons (Fsp3) is 0.381. The summed E-state index contributed by atoms with van der Waals surface area (Å²) in [5.74, 6) is 3.87. The third-order valence-electron chi connectivity index (χ3n) is 5.03. The van der Waals surface area contributed by atoms with Crippen LogP contribution in [0.5, 0.6) is 5.75 Å². The lowest BCUT2D eigenvalue weighted by atomic mass is 10.2. The van der Waals surface area contributed by atoms with Crippen LogP contribution in [0.25, 0.3) is 10.9 Å². The molecule has 5 nitrogen and oxygen atoms in total. The van der Waals surface area contributed by atoms with Crippen molar-refractivity contribution in [3.8, 4) is 5.75 Å². The van der Waals surface area contributed by atoms with Gasteiger partial charge in [0, 0.05) is 29.9 Å². The van der Waals surface area contributed by atoms with E-state index in [0.717, 1.165) is 28.2 Å². The molecule has 1 fully saturated rings. The van der Waals surface area contributed by atoms with Gasteiger partial charge in [0.05, 0.1) is 13.2 Å². The van der Waals surface area contributed by atoms with Crippen LogP contribution in [0.15, 0.2) is 40.8 Å². The highest BCUT2D eigenvalue weighted by atomic mass is 16.5. The zero-order chi connectivity index (χ0) is 18.3. The van der Waals surface area contributed by atoms with Crippen molar-refractivity contribution in [1.29, 1.82) is 0 Å². The third kappa shape index (κ3) is 3.21. The first-order valence-electron chi connectivity index (χ1n) is 9.14. The quantitative estimate of drug-likeness (QED) is 0.708. The minimum atomic E-state index is -0.0584. The number of aromatic amines is 1. The van der Waals surface area contributed by atoms with Gasteiger partial charge >= 0.3 is 0 Å². The Hall–Kier alpha value is -2.69. The minimum Gasteiger partial charge on any atom is -0.494 e. The number of nitrogens with zero attached hydrogens (tertiary/aromatic N) is 1. The van der Waals surface area contributed by atoms with Gasteiger partial charge in [-0.2, -0.15) is 0 Å². The fourth-order valence-electron chi connectivity index (χ4n) is 3.39. The summed E-state index contributed by atoms with van der Waals surface area (Å²) in [6.07, 6.45) is 1.19. The van der Waals surface area contributed by atoms with Gasteiger partial charge in [-0.3, -0.25) is 4.79 Å². The maximum atomic E-state index is 12.8. The number of aromatic nitrogens is 1. The van der Waals surface area contributed by atoms with Crippen molar-refractivity contribution < 1.29 is 13.9 Å². The molecule has 4 rings (SSSR count). The van der Waals surface area contributed by atoms with Crippen LogP contribution in [0.2, 0.25) is 0 Å². The number of benzene rings is 1. The molecule has 1 aromatic carbocycles. The molecule has 2 heterocycles. The molecule has 1 amide bonds. The van der Waals surface area contributed by atoms with Gasteiger partial charge in [-0.15, -0.1) is 0 Å². The fourth-order valence-corrected chi connectivity index (χ4v) is 3.39. The normalized spacial score (nSPS) is 18.9. The number of carbonyl (C=O) groups excluding carboxylic acids is 1. The van der Waals surface area contributed by atoms with Crippen LogP contribution in [0.4, 0.5) is 0 Å². The van der Waals surface area contributed by atoms with E-state index in [1.807, 2.05) is 43.3 Å². The predicted octanol–water partition coefficient (Wildman–Crippen LogP) is 4.56. The molecule has 2 unspecified atom stereocenters. The molecule has 0 aliphatic heterocycles. The second-order valence-electron chi connectivity index (χ2n) is 7.15. The summed E-state index contributed by atoms with van der Waals surface area (Å²) < 4.78 is 11.4. The number of furan rings is 1. The molecule has 1 N–H and O–H groups in total. The summed E-state index contributed by atoms with van der Waals surface area (Å²) in [7, 11) is 1.79. The molecule has 3 aromatic rings. The lowest BCUT2D eigenvalue weighted by Gasteiger charge is -2.14. The minimum absolute atomic E-state index is 0.0584. The summed E-state index contributed by atoms with van der Waals surface area (Å²) in [6, 6.07) is 11.7. The van der Waals surface area contributed by atoms with E-state index in [0.29, 0.717) is 30.7 Å². The second-order valence-corrected chi connectivity index (χ2v) is 7.15. The summed E-state index contributed by atoms with van der Waals surface area (Å²) in [4.78, 5) is 17.6. The van der Waals surface area contributed by atoms with Crippen LogP contribution in [0.1, 0.15) is 48.2 Å². The Morgan fingerprint density at radius 2 is 2.12 bits per heavy atom. The predicted molar refractivity (Wildman–Crippen MR) is 100 cm³/mol. The first kappa shape index (κ1) is 16.8. The van der Waals surface area contributed by atoms with Crippen LogP contribution in [0, 0.1) is 5.92 Å². The van der Waals surface area contributed by atoms with Gasteiger partial charge in [0.25, 0.3) is 5.91 Å². The number of ether oxygens (including phenoxy) is 1. The number of hydrogen-bond donors (Lipinski definition) is 1. The molecule has 0 spiro atoms. The number of rotatable bonds is 6. The summed E-state index contributed by atoms with van der Waals surface area (Å²) in [6.45, 7) is 5.26. The Morgan fingerprint density at radius 1 is 1.31 bits per heavy atom. The van der Waals surface area contributed by atoms with Crippen molar-refractivity contribution in [2.45, 2.75) is 32.7 Å². The highest BCUT2D eigenvalue weighted by molar-refractivity contribution is 5.98. The first-order valence-corrected chi connectivity index (χ1v) is 9.14. The van der Waals surface area contributed by atoms with Crippen molar-refractivity contribution in [3.63, 3.8) is 0 Å². The molecule has 1 aliphatic carbocycles. The van der Waals surface area contributed by atoms with E-state index in [1.165, 1.54) is 6.42 Å². The van der Waals surface area contributed by atoms with Crippen LogP contribution in [-0.4, -0.2) is 29.4 Å². The molecule has 26 heavy (non-hydrogen) atoms. The van der Waals surface area contributed by atoms with Crippen molar-refractivity contribution in [2.24, 2.45) is 5.92 Å². The molecule has 0 radical (unpaired) electrons. The molecule has 1 aliphatic rings. The third-order valence-corrected chi connectivity index (χ3v) is 5.03. The van der Waals surface area contributed by atoms with Gasteiger partial charge in [-0.25, -0.2) is 0 Å². The number of nitrogens with one attached hydrogen (secondary N) is 1. The lowest BCUT2D eigenvalue weighted by molar-refractivity contribution is 0.0770. The average molecular weight is 352 g/mol. The van der Waals surface area contributed by atoms with Crippen LogP contribution >= 0.6 is 0 Å². The standard InChI is InChI=1S/C21H24N2O3/c1-4-25-15-6-5-14-10-19(22-18(14)11-15)21(24)23(3)12-16-7-8-20(26-16)17-9-13(17)2/h5-8,10-11,13,17,22H,4,9,12H2,1-3H3. The monoisotopic (exact) mass is 352 g/mol. The zero-order valence-electron chi connectivity index (χ0n) is 15.4. The van der Waals surface area contributed by atoms with Crippen LogP contribution in [0.3, 0.4) is 0 Å². The molecule has 136 valence electrons. The van der Waals surface area contributed by atoms with E-state index < -0.39 is 0 Å². The van der Waals surface area contributed by atoms with E-state index in [9.17, 15) is 4.79 Å². The Kier molecular flexibility index (Phi) is 4.23. The summed E-state index contributed by atoms with van der Waals surface area (Å²) in [5.41, 5.74) is 1.47. The Bertz CT molecular complexity index is 940. The first-order chi connectivity index (χ1) is 12.5. The van der Waals surface area contributed by atoms with Crippen molar-refractivity contribution >= 4 is 16.8 Å². The summed E-state index contributed by atoms with van der Waals surface area (Å²) in [5, 5.41) is 0.994. The number of amides is 1. The van der Waals surface area contributed by atoms with E-state index in [1.54, 1.807) is 11.9 Å². The van der Waals surface area contributed by atoms with Crippen LogP contribution < -0.4 is 4.74 Å². The number of fused-ring (bicyclic) bond motifs is 1.